The minimum absolute atomic E-state index is 0.272. The topological polar surface area (TPSA) is 63.1 Å². The number of aromatic carboxylic acids is 1. The maximum Gasteiger partial charge on any atom is 0.373 e. The van der Waals surface area contributed by atoms with Gasteiger partial charge in [-0.1, -0.05) is 0 Å². The summed E-state index contributed by atoms with van der Waals surface area (Å²) in [7, 11) is 0. The number of carbonyl (C=O) groups is 1. The van der Waals surface area contributed by atoms with E-state index in [2.05, 4.69) is 9.97 Å². The van der Waals surface area contributed by atoms with Crippen LogP contribution in [0.5, 0.6) is 0 Å². The van der Waals surface area contributed by atoms with E-state index >= 15 is 0 Å². The molecule has 4 nitrogen and oxygen atoms in total. The van der Waals surface area contributed by atoms with Gasteiger partial charge in [-0.2, -0.15) is 0 Å². The average molecular weight is 206 g/mol. The molecule has 1 aromatic carbocycles. The molecule has 0 amide bonds. The number of hydrogen-bond acceptors (Lipinski definition) is 3. The van der Waals surface area contributed by atoms with E-state index in [0.717, 1.165) is 0 Å². The summed E-state index contributed by atoms with van der Waals surface area (Å²) in [6, 6.07) is 3.96. The molecule has 2 rings (SSSR count). The van der Waals surface area contributed by atoms with Crippen LogP contribution in [-0.4, -0.2) is 21.0 Å². The molecule has 0 saturated carbocycles. The van der Waals surface area contributed by atoms with Crippen LogP contribution < -0.4 is 0 Å². The average Bonchev–Trinajstić information content (AvgIpc) is 2.18. The molecule has 0 unspecified atom stereocenters. The van der Waals surface area contributed by atoms with E-state index in [1.807, 2.05) is 0 Å². The van der Waals surface area contributed by atoms with Crippen molar-refractivity contribution in [1.29, 1.82) is 0 Å². The van der Waals surface area contributed by atoms with Gasteiger partial charge < -0.3 is 5.11 Å². The normalized spacial score (nSPS) is 10.5. The maximum absolute atomic E-state index is 12.9. The van der Waals surface area contributed by atoms with Gasteiger partial charge in [-0.3, -0.25) is 0 Å². The van der Waals surface area contributed by atoms with Crippen molar-refractivity contribution >= 4 is 16.9 Å². The van der Waals surface area contributed by atoms with Crippen molar-refractivity contribution in [1.82, 2.24) is 9.97 Å². The fourth-order valence-corrected chi connectivity index (χ4v) is 1.35. The predicted octanol–water partition coefficient (Wildman–Crippen LogP) is 1.78. The third-order valence-corrected chi connectivity index (χ3v) is 2.04. The van der Waals surface area contributed by atoms with Crippen LogP contribution in [0.25, 0.3) is 10.9 Å². The van der Waals surface area contributed by atoms with Gasteiger partial charge in [0.15, 0.2) is 0 Å². The van der Waals surface area contributed by atoms with E-state index < -0.39 is 11.8 Å². The Balaban J connectivity index is 2.78. The van der Waals surface area contributed by atoms with Crippen molar-refractivity contribution < 1.29 is 14.3 Å². The zero-order chi connectivity index (χ0) is 11.0. The number of nitrogens with zero attached hydrogens (tertiary/aromatic N) is 2. The molecular formula is C10H7FN2O2. The summed E-state index contributed by atoms with van der Waals surface area (Å²) in [5.41, 5.74) is 0.887. The standard InChI is InChI=1S/C10H7FN2O2/c1-5-7-4-6(11)2-3-8(7)13-9(12-5)10(14)15/h2-4H,1H3,(H,14,15). The van der Waals surface area contributed by atoms with Gasteiger partial charge in [0.2, 0.25) is 5.82 Å². The molecule has 0 aliphatic heterocycles. The number of carboxylic acids is 1. The Morgan fingerprint density at radius 3 is 2.80 bits per heavy atom. The van der Waals surface area contributed by atoms with Crippen LogP contribution in [0.15, 0.2) is 18.2 Å². The Labute approximate surface area is 84.4 Å². The first-order valence-electron chi connectivity index (χ1n) is 4.25. The largest absolute Gasteiger partial charge is 0.475 e. The quantitative estimate of drug-likeness (QED) is 0.772. The maximum atomic E-state index is 12.9. The Hall–Kier alpha value is -2.04. The number of aryl methyl sites for hydroxylation is 1. The third-order valence-electron chi connectivity index (χ3n) is 2.04. The number of benzene rings is 1. The molecule has 5 heteroatoms. The van der Waals surface area contributed by atoms with Crippen LogP contribution in [0.1, 0.15) is 16.3 Å². The van der Waals surface area contributed by atoms with Crippen molar-refractivity contribution in [3.05, 3.63) is 35.5 Å². The molecule has 15 heavy (non-hydrogen) atoms. The van der Waals surface area contributed by atoms with Crippen molar-refractivity contribution in [2.75, 3.05) is 0 Å². The van der Waals surface area contributed by atoms with E-state index in [-0.39, 0.29) is 5.82 Å². The number of hydrogen-bond donors (Lipinski definition) is 1. The molecule has 0 fully saturated rings. The monoisotopic (exact) mass is 206 g/mol. The summed E-state index contributed by atoms with van der Waals surface area (Å²) in [6.45, 7) is 1.62. The van der Waals surface area contributed by atoms with Gasteiger partial charge in [0.05, 0.1) is 5.52 Å². The van der Waals surface area contributed by atoms with Crippen LogP contribution in [0.4, 0.5) is 4.39 Å². The highest BCUT2D eigenvalue weighted by Crippen LogP contribution is 2.16. The summed E-state index contributed by atoms with van der Waals surface area (Å²) >= 11 is 0. The molecule has 0 saturated heterocycles. The molecule has 2 aromatic rings. The molecule has 0 aliphatic rings. The third kappa shape index (κ3) is 1.63. The molecule has 76 valence electrons. The van der Waals surface area contributed by atoms with Gasteiger partial charge >= 0.3 is 5.97 Å². The highest BCUT2D eigenvalue weighted by atomic mass is 19.1. The number of rotatable bonds is 1. The van der Waals surface area contributed by atoms with E-state index in [1.54, 1.807) is 6.92 Å². The van der Waals surface area contributed by atoms with Crippen LogP contribution in [-0.2, 0) is 0 Å². The first kappa shape index (κ1) is 9.51. The number of carboxylic acid groups (broad SMARTS) is 1. The van der Waals surface area contributed by atoms with E-state index in [9.17, 15) is 9.18 Å². The molecule has 1 aromatic heterocycles. The highest BCUT2D eigenvalue weighted by Gasteiger charge is 2.10. The Morgan fingerprint density at radius 2 is 2.13 bits per heavy atom. The molecule has 0 spiro atoms. The van der Waals surface area contributed by atoms with Gasteiger partial charge in [-0.25, -0.2) is 19.2 Å². The molecule has 0 aliphatic carbocycles. The van der Waals surface area contributed by atoms with E-state index in [4.69, 9.17) is 5.11 Å². The minimum Gasteiger partial charge on any atom is -0.475 e. The first-order valence-corrected chi connectivity index (χ1v) is 4.25. The van der Waals surface area contributed by atoms with Gasteiger partial charge in [0.1, 0.15) is 5.82 Å². The highest BCUT2D eigenvalue weighted by molar-refractivity contribution is 5.88. The predicted molar refractivity (Wildman–Crippen MR) is 51.2 cm³/mol. The molecule has 0 radical (unpaired) electrons. The lowest BCUT2D eigenvalue weighted by Crippen LogP contribution is -2.05. The van der Waals surface area contributed by atoms with Crippen LogP contribution >= 0.6 is 0 Å². The molecule has 0 bridgehead atoms. The Bertz CT molecular complexity index is 554. The number of halogens is 1. The summed E-state index contributed by atoms with van der Waals surface area (Å²) in [5.74, 6) is -1.85. The fourth-order valence-electron chi connectivity index (χ4n) is 1.35. The zero-order valence-electron chi connectivity index (χ0n) is 7.86. The smallest absolute Gasteiger partial charge is 0.373 e. The van der Waals surface area contributed by atoms with Crippen molar-refractivity contribution in [2.24, 2.45) is 0 Å². The second kappa shape index (κ2) is 3.27. The minimum atomic E-state index is -1.19. The van der Waals surface area contributed by atoms with Crippen molar-refractivity contribution in [3.8, 4) is 0 Å². The SMILES string of the molecule is Cc1nc(C(=O)O)nc2ccc(F)cc12. The van der Waals surface area contributed by atoms with Gasteiger partial charge in [0.25, 0.3) is 0 Å². The summed E-state index contributed by atoms with van der Waals surface area (Å²) in [6.07, 6.45) is 0. The molecule has 1 heterocycles. The van der Waals surface area contributed by atoms with Crippen LogP contribution in [0.2, 0.25) is 0 Å². The fraction of sp³-hybridized carbons (Fsp3) is 0.100. The van der Waals surface area contributed by atoms with Gasteiger partial charge in [-0.15, -0.1) is 0 Å². The number of aromatic nitrogens is 2. The lowest BCUT2D eigenvalue weighted by Gasteiger charge is -2.02. The lowest BCUT2D eigenvalue weighted by atomic mass is 10.2. The second-order valence-electron chi connectivity index (χ2n) is 3.10. The molecule has 1 N–H and O–H groups in total. The summed E-state index contributed by atoms with van der Waals surface area (Å²) in [5, 5.41) is 9.25. The van der Waals surface area contributed by atoms with Crippen LogP contribution in [0, 0.1) is 12.7 Å². The van der Waals surface area contributed by atoms with Crippen molar-refractivity contribution in [2.45, 2.75) is 6.92 Å². The zero-order valence-corrected chi connectivity index (χ0v) is 7.86. The lowest BCUT2D eigenvalue weighted by molar-refractivity contribution is 0.0683. The summed E-state index contributed by atoms with van der Waals surface area (Å²) < 4.78 is 12.9. The molecular weight excluding hydrogens is 199 g/mol. The summed E-state index contributed by atoms with van der Waals surface area (Å²) in [4.78, 5) is 18.2. The number of fused-ring (bicyclic) bond motifs is 1. The van der Waals surface area contributed by atoms with E-state index in [1.165, 1.54) is 18.2 Å². The van der Waals surface area contributed by atoms with Gasteiger partial charge in [-0.05, 0) is 25.1 Å². The first-order chi connectivity index (χ1) is 7.08. The van der Waals surface area contributed by atoms with Gasteiger partial charge in [0, 0.05) is 11.1 Å². The Morgan fingerprint density at radius 1 is 1.40 bits per heavy atom. The second-order valence-corrected chi connectivity index (χ2v) is 3.10. The van der Waals surface area contributed by atoms with Crippen molar-refractivity contribution in [3.63, 3.8) is 0 Å². The molecule has 0 atom stereocenters. The van der Waals surface area contributed by atoms with Crippen LogP contribution in [0.3, 0.4) is 0 Å². The van der Waals surface area contributed by atoms with E-state index in [0.29, 0.717) is 16.6 Å². The Kier molecular flexibility index (Phi) is 2.07.